The Hall–Kier alpha value is -1.50. The van der Waals surface area contributed by atoms with Gasteiger partial charge in [-0.3, -0.25) is 18.4 Å². The molecule has 4 N–H and O–H groups in total. The zero-order valence-electron chi connectivity index (χ0n) is 13.7. The lowest BCUT2D eigenvalue weighted by Gasteiger charge is -2.22. The topological polar surface area (TPSA) is 179 Å². The van der Waals surface area contributed by atoms with Crippen LogP contribution in [0.3, 0.4) is 0 Å². The van der Waals surface area contributed by atoms with Crippen molar-refractivity contribution in [2.45, 2.75) is 6.29 Å². The number of anilines is 3. The number of aromatic nitrogens is 2. The molecule has 3 atom stereocenters. The molecule has 0 aliphatic carbocycles. The van der Waals surface area contributed by atoms with Gasteiger partial charge in [-0.2, -0.15) is 9.29 Å². The highest BCUT2D eigenvalue weighted by Crippen LogP contribution is 2.63. The second-order valence-electron chi connectivity index (χ2n) is 5.53. The Morgan fingerprint density at radius 2 is 2.04 bits per heavy atom. The van der Waals surface area contributed by atoms with Gasteiger partial charge in [-0.25, -0.2) is 9.13 Å². The average Bonchev–Trinajstić information content (AvgIpc) is 2.76. The smallest absolute Gasteiger partial charge is 0.369 e. The molecule has 14 nitrogen and oxygen atoms in total. The van der Waals surface area contributed by atoms with Gasteiger partial charge in [0.2, 0.25) is 5.95 Å². The molecular weight excluding hydrogens is 396 g/mol. The molecule has 16 heteroatoms. The fourth-order valence-corrected chi connectivity index (χ4v) is 4.52. The lowest BCUT2D eigenvalue weighted by atomic mass is 10.4. The standard InChI is InChI=1S/C10H17N5O9P2/c1-13-4-15(8-7(13)9(16)14(2)10(11)12-8)5-21-6-3-22-25(17,18)24-26(19,20)23-6/h6H,3-5H2,1-2H3,(H2,11,12)(H,17,18)(H,19,20). The maximum Gasteiger partial charge on any atom is 0.483 e. The number of rotatable bonds is 3. The van der Waals surface area contributed by atoms with E-state index < -0.39 is 28.5 Å². The molecule has 2 aliphatic rings. The second kappa shape index (κ2) is 6.59. The third-order valence-corrected chi connectivity index (χ3v) is 6.22. The quantitative estimate of drug-likeness (QED) is 0.522. The van der Waals surface area contributed by atoms with Gasteiger partial charge in [0.25, 0.3) is 5.56 Å². The highest BCUT2D eigenvalue weighted by molar-refractivity contribution is 7.61. The maximum absolute atomic E-state index is 12.3. The van der Waals surface area contributed by atoms with Gasteiger partial charge >= 0.3 is 15.6 Å². The molecule has 3 rings (SSSR count). The van der Waals surface area contributed by atoms with Crippen LogP contribution >= 0.6 is 15.6 Å². The first-order valence-electron chi connectivity index (χ1n) is 7.13. The molecular formula is C10H17N5O9P2. The first kappa shape index (κ1) is 19.3. The number of nitrogens with two attached hydrogens (primary N) is 1. The maximum atomic E-state index is 12.3. The summed E-state index contributed by atoms with van der Waals surface area (Å²) in [6.07, 6.45) is -1.47. The van der Waals surface area contributed by atoms with E-state index >= 15 is 0 Å². The number of phosphoric acid groups is 2. The normalized spacial score (nSPS) is 31.8. The molecule has 3 unspecified atom stereocenters. The van der Waals surface area contributed by atoms with E-state index in [9.17, 15) is 23.7 Å². The summed E-state index contributed by atoms with van der Waals surface area (Å²) in [7, 11) is -6.43. The fourth-order valence-electron chi connectivity index (χ4n) is 2.40. The summed E-state index contributed by atoms with van der Waals surface area (Å²) >= 11 is 0. The van der Waals surface area contributed by atoms with Crippen LogP contribution in [-0.4, -0.2) is 52.7 Å². The summed E-state index contributed by atoms with van der Waals surface area (Å²) in [5, 5.41) is 0. The zero-order chi connectivity index (χ0) is 19.3. The SMILES string of the molecule is CN1CN(COC2COP(=O)(O)OP(=O)(O)O2)c2nc(N)n(C)c(=O)c21. The van der Waals surface area contributed by atoms with E-state index in [0.717, 1.165) is 0 Å². The van der Waals surface area contributed by atoms with E-state index in [4.69, 9.17) is 10.5 Å². The summed E-state index contributed by atoms with van der Waals surface area (Å²) in [6.45, 7) is -0.637. The van der Waals surface area contributed by atoms with Gasteiger partial charge in [-0.05, 0) is 0 Å². The van der Waals surface area contributed by atoms with Gasteiger partial charge in [0, 0.05) is 14.1 Å². The number of phosphoric ester groups is 2. The molecule has 0 radical (unpaired) electrons. The molecule has 3 heterocycles. The summed E-state index contributed by atoms with van der Waals surface area (Å²) in [5.74, 6) is 0.261. The van der Waals surface area contributed by atoms with Crippen LogP contribution in [0.2, 0.25) is 0 Å². The van der Waals surface area contributed by atoms with Crippen LogP contribution in [0, 0.1) is 0 Å². The Bertz CT molecular complexity index is 875. The van der Waals surface area contributed by atoms with E-state index in [1.165, 1.54) is 16.5 Å². The van der Waals surface area contributed by atoms with Crippen molar-refractivity contribution in [3.05, 3.63) is 10.4 Å². The molecule has 146 valence electrons. The number of hydrogen-bond acceptors (Lipinski definition) is 11. The first-order chi connectivity index (χ1) is 12.0. The molecule has 0 aromatic carbocycles. The van der Waals surface area contributed by atoms with Crippen molar-refractivity contribution in [3.63, 3.8) is 0 Å². The number of nitrogens with zero attached hydrogens (tertiary/aromatic N) is 4. The van der Waals surface area contributed by atoms with Crippen LogP contribution < -0.4 is 21.1 Å². The first-order valence-corrected chi connectivity index (χ1v) is 10.1. The number of fused-ring (bicyclic) bond motifs is 1. The van der Waals surface area contributed by atoms with Crippen LogP contribution in [0.4, 0.5) is 17.5 Å². The van der Waals surface area contributed by atoms with Crippen molar-refractivity contribution in [2.24, 2.45) is 7.05 Å². The van der Waals surface area contributed by atoms with Crippen LogP contribution in [0.1, 0.15) is 0 Å². The van der Waals surface area contributed by atoms with Crippen molar-refractivity contribution in [1.29, 1.82) is 0 Å². The summed E-state index contributed by atoms with van der Waals surface area (Å²) in [4.78, 5) is 38.2. The van der Waals surface area contributed by atoms with Gasteiger partial charge in [-0.15, -0.1) is 0 Å². The van der Waals surface area contributed by atoms with E-state index in [2.05, 4.69) is 18.3 Å². The zero-order valence-corrected chi connectivity index (χ0v) is 15.5. The summed E-state index contributed by atoms with van der Waals surface area (Å²) in [6, 6.07) is 0. The number of ether oxygens (including phenoxy) is 1. The van der Waals surface area contributed by atoms with E-state index in [-0.39, 0.29) is 30.7 Å². The molecule has 1 fully saturated rings. The molecule has 0 saturated carbocycles. The van der Waals surface area contributed by atoms with E-state index in [1.54, 1.807) is 11.9 Å². The Labute approximate surface area is 146 Å². The molecule has 0 amide bonds. The molecule has 26 heavy (non-hydrogen) atoms. The van der Waals surface area contributed by atoms with Crippen LogP contribution in [-0.2, 0) is 34.3 Å². The Morgan fingerprint density at radius 1 is 1.35 bits per heavy atom. The van der Waals surface area contributed by atoms with Crippen molar-refractivity contribution < 1.29 is 37.0 Å². The highest BCUT2D eigenvalue weighted by Gasteiger charge is 2.42. The predicted molar refractivity (Wildman–Crippen MR) is 87.2 cm³/mol. The Morgan fingerprint density at radius 3 is 2.73 bits per heavy atom. The fraction of sp³-hybridized carbons (Fsp3) is 0.600. The Balaban J connectivity index is 1.75. The van der Waals surface area contributed by atoms with Gasteiger partial charge in [0.15, 0.2) is 12.1 Å². The van der Waals surface area contributed by atoms with Gasteiger partial charge < -0.3 is 30.1 Å². The van der Waals surface area contributed by atoms with E-state index in [0.29, 0.717) is 5.69 Å². The Kier molecular flexibility index (Phi) is 4.88. The minimum atomic E-state index is -4.85. The predicted octanol–water partition coefficient (Wildman–Crippen LogP) is -0.859. The lowest BCUT2D eigenvalue weighted by molar-refractivity contribution is -0.104. The van der Waals surface area contributed by atoms with Gasteiger partial charge in [-0.1, -0.05) is 0 Å². The third-order valence-electron chi connectivity index (χ3n) is 3.59. The molecule has 2 aliphatic heterocycles. The minimum absolute atomic E-state index is 0.00224. The molecule has 0 spiro atoms. The average molecular weight is 413 g/mol. The number of hydrogen-bond donors (Lipinski definition) is 3. The lowest BCUT2D eigenvalue weighted by Crippen LogP contribution is -2.34. The molecule has 0 bridgehead atoms. The van der Waals surface area contributed by atoms with Crippen molar-refractivity contribution in [3.8, 4) is 0 Å². The van der Waals surface area contributed by atoms with Gasteiger partial charge in [0.1, 0.15) is 19.0 Å². The van der Waals surface area contributed by atoms with Crippen LogP contribution in [0.25, 0.3) is 0 Å². The van der Waals surface area contributed by atoms with Crippen molar-refractivity contribution >= 4 is 33.1 Å². The summed E-state index contributed by atoms with van der Waals surface area (Å²) < 4.78 is 42.6. The monoisotopic (exact) mass is 413 g/mol. The molecule has 1 aromatic rings. The van der Waals surface area contributed by atoms with E-state index in [1.807, 2.05) is 0 Å². The third kappa shape index (κ3) is 3.77. The molecule has 1 aromatic heterocycles. The van der Waals surface area contributed by atoms with Crippen molar-refractivity contribution in [2.75, 3.05) is 42.6 Å². The number of nitrogen functional groups attached to an aromatic ring is 1. The van der Waals surface area contributed by atoms with Crippen LogP contribution in [0.15, 0.2) is 4.79 Å². The highest BCUT2D eigenvalue weighted by atomic mass is 31.3. The van der Waals surface area contributed by atoms with Gasteiger partial charge in [0.05, 0.1) is 6.67 Å². The van der Waals surface area contributed by atoms with Crippen LogP contribution in [0.5, 0.6) is 0 Å². The summed E-state index contributed by atoms with van der Waals surface area (Å²) in [5.41, 5.74) is 5.66. The molecule has 1 saturated heterocycles. The largest absolute Gasteiger partial charge is 0.483 e. The van der Waals surface area contributed by atoms with Crippen molar-refractivity contribution in [1.82, 2.24) is 9.55 Å². The minimum Gasteiger partial charge on any atom is -0.369 e. The second-order valence-corrected chi connectivity index (χ2v) is 8.53.